The number of hydrogen-bond acceptors (Lipinski definition) is 4. The maximum atomic E-state index is 6.11. The minimum atomic E-state index is -0.0771. The van der Waals surface area contributed by atoms with Crippen LogP contribution in [0.5, 0.6) is 0 Å². The maximum Gasteiger partial charge on any atom is 0.146 e. The van der Waals surface area contributed by atoms with Crippen LogP contribution in [0.15, 0.2) is 24.3 Å². The molecule has 0 atom stereocenters. The summed E-state index contributed by atoms with van der Waals surface area (Å²) in [7, 11) is 0. The lowest BCUT2D eigenvalue weighted by molar-refractivity contribution is 0.413. The molecule has 3 rings (SSSR count). The van der Waals surface area contributed by atoms with Crippen molar-refractivity contribution in [3.63, 3.8) is 0 Å². The third-order valence-corrected chi connectivity index (χ3v) is 4.11. The van der Waals surface area contributed by atoms with Crippen LogP contribution >= 0.6 is 11.5 Å². The van der Waals surface area contributed by atoms with Gasteiger partial charge in [-0.15, -0.1) is 0 Å². The highest BCUT2D eigenvalue weighted by Gasteiger charge is 2.25. The van der Waals surface area contributed by atoms with E-state index in [1.165, 1.54) is 11.5 Å². The van der Waals surface area contributed by atoms with Gasteiger partial charge in [-0.1, -0.05) is 12.1 Å². The van der Waals surface area contributed by atoms with Gasteiger partial charge in [0.2, 0.25) is 0 Å². The number of nitrogens with zero attached hydrogens (tertiary/aromatic N) is 3. The molecule has 0 aliphatic rings. The van der Waals surface area contributed by atoms with Gasteiger partial charge in [0.05, 0.1) is 22.3 Å². The Morgan fingerprint density at radius 1 is 1.20 bits per heavy atom. The van der Waals surface area contributed by atoms with Crippen molar-refractivity contribution < 1.29 is 0 Å². The van der Waals surface area contributed by atoms with Gasteiger partial charge in [-0.2, -0.15) is 4.37 Å². The number of aryl methyl sites for hydroxylation is 1. The highest BCUT2D eigenvalue weighted by molar-refractivity contribution is 7.10. The van der Waals surface area contributed by atoms with E-state index in [9.17, 15) is 0 Å². The topological polar surface area (TPSA) is 56.7 Å². The molecule has 2 aromatic heterocycles. The fourth-order valence-corrected chi connectivity index (χ4v) is 3.19. The monoisotopic (exact) mass is 286 g/mol. The van der Waals surface area contributed by atoms with E-state index < -0.39 is 0 Å². The zero-order valence-corrected chi connectivity index (χ0v) is 13.0. The van der Waals surface area contributed by atoms with Crippen molar-refractivity contribution in [2.24, 2.45) is 0 Å². The summed E-state index contributed by atoms with van der Waals surface area (Å²) in [6.07, 6.45) is 0. The van der Waals surface area contributed by atoms with Crippen molar-refractivity contribution in [2.45, 2.75) is 33.2 Å². The lowest BCUT2D eigenvalue weighted by atomic mass is 10.1. The predicted octanol–water partition coefficient (Wildman–Crippen LogP) is 3.81. The second-order valence-electron chi connectivity index (χ2n) is 5.94. The van der Waals surface area contributed by atoms with Gasteiger partial charge in [0, 0.05) is 5.54 Å². The Morgan fingerprint density at radius 2 is 1.90 bits per heavy atom. The number of hydrogen-bond donors (Lipinski definition) is 1. The highest BCUT2D eigenvalue weighted by atomic mass is 32.1. The van der Waals surface area contributed by atoms with Crippen molar-refractivity contribution in [3.05, 3.63) is 30.0 Å². The van der Waals surface area contributed by atoms with E-state index in [2.05, 4.69) is 35.8 Å². The zero-order valence-electron chi connectivity index (χ0n) is 12.1. The van der Waals surface area contributed by atoms with Crippen LogP contribution in [0.3, 0.4) is 0 Å². The zero-order chi connectivity index (χ0) is 14.5. The molecule has 0 spiro atoms. The summed E-state index contributed by atoms with van der Waals surface area (Å²) in [6, 6.07) is 8.18. The molecule has 5 heteroatoms. The number of para-hydroxylation sites is 2. The quantitative estimate of drug-likeness (QED) is 0.740. The van der Waals surface area contributed by atoms with Crippen molar-refractivity contribution in [1.29, 1.82) is 0 Å². The highest BCUT2D eigenvalue weighted by Crippen LogP contribution is 2.36. The number of fused-ring (bicyclic) bond motifs is 1. The number of benzene rings is 1. The normalized spacial score (nSPS) is 12.2. The molecular weight excluding hydrogens is 268 g/mol. The molecule has 0 saturated carbocycles. The Morgan fingerprint density at radius 3 is 2.50 bits per heavy atom. The summed E-state index contributed by atoms with van der Waals surface area (Å²) in [5, 5.41) is 0.725. The number of nitrogen functional groups attached to an aromatic ring is 1. The first kappa shape index (κ1) is 13.1. The fraction of sp³-hybridized carbons (Fsp3) is 0.333. The third kappa shape index (κ3) is 1.89. The van der Waals surface area contributed by atoms with Crippen LogP contribution in [0.25, 0.3) is 22.4 Å². The molecule has 0 bridgehead atoms. The number of nitrogens with two attached hydrogens (primary N) is 1. The molecule has 0 fully saturated rings. The van der Waals surface area contributed by atoms with Crippen molar-refractivity contribution in [3.8, 4) is 11.4 Å². The summed E-state index contributed by atoms with van der Waals surface area (Å²) in [6.45, 7) is 8.51. The van der Waals surface area contributed by atoms with Gasteiger partial charge in [-0.05, 0) is 51.4 Å². The molecule has 20 heavy (non-hydrogen) atoms. The van der Waals surface area contributed by atoms with Crippen molar-refractivity contribution >= 4 is 27.6 Å². The molecule has 4 nitrogen and oxygen atoms in total. The van der Waals surface area contributed by atoms with E-state index >= 15 is 0 Å². The summed E-state index contributed by atoms with van der Waals surface area (Å²) in [5.74, 6) is 0.905. The Kier molecular flexibility index (Phi) is 2.83. The second-order valence-corrected chi connectivity index (χ2v) is 6.74. The average molecular weight is 286 g/mol. The molecule has 2 heterocycles. The van der Waals surface area contributed by atoms with Gasteiger partial charge < -0.3 is 10.3 Å². The third-order valence-electron chi connectivity index (χ3n) is 3.34. The molecule has 0 aliphatic carbocycles. The Balaban J connectivity index is 2.42. The Hall–Kier alpha value is -1.88. The van der Waals surface area contributed by atoms with E-state index in [1.54, 1.807) is 0 Å². The first-order valence-electron chi connectivity index (χ1n) is 6.59. The van der Waals surface area contributed by atoms with E-state index in [0.29, 0.717) is 0 Å². The van der Waals surface area contributed by atoms with Gasteiger partial charge in [-0.25, -0.2) is 4.98 Å². The Labute approximate surface area is 122 Å². The van der Waals surface area contributed by atoms with E-state index in [0.717, 1.165) is 33.1 Å². The second kappa shape index (κ2) is 4.31. The van der Waals surface area contributed by atoms with Crippen molar-refractivity contribution in [2.75, 3.05) is 5.73 Å². The van der Waals surface area contributed by atoms with Gasteiger partial charge in [0.1, 0.15) is 10.8 Å². The van der Waals surface area contributed by atoms with Crippen LogP contribution in [0, 0.1) is 6.92 Å². The first-order valence-corrected chi connectivity index (χ1v) is 7.37. The van der Waals surface area contributed by atoms with Crippen LogP contribution in [0.2, 0.25) is 0 Å². The van der Waals surface area contributed by atoms with E-state index in [-0.39, 0.29) is 5.54 Å². The summed E-state index contributed by atoms with van der Waals surface area (Å²) < 4.78 is 6.59. The van der Waals surface area contributed by atoms with Crippen LogP contribution in [-0.2, 0) is 5.54 Å². The van der Waals surface area contributed by atoms with Gasteiger partial charge >= 0.3 is 0 Å². The molecule has 0 radical (unpaired) electrons. The summed E-state index contributed by atoms with van der Waals surface area (Å²) in [5.41, 5.74) is 10.0. The molecular formula is C15H18N4S. The molecule has 2 N–H and O–H groups in total. The standard InChI is InChI=1S/C15H18N4S/c1-9-12(13(16)20-18-9)14-17-10-7-5-6-8-11(10)19(14)15(2,3)4/h5-8H,16H2,1-4H3. The number of aromatic nitrogens is 3. The molecule has 1 aromatic carbocycles. The minimum absolute atomic E-state index is 0.0771. The van der Waals surface area contributed by atoms with Crippen LogP contribution in [0.1, 0.15) is 26.5 Å². The van der Waals surface area contributed by atoms with Crippen molar-refractivity contribution in [1.82, 2.24) is 13.9 Å². The molecule has 0 amide bonds. The summed E-state index contributed by atoms with van der Waals surface area (Å²) in [4.78, 5) is 4.79. The number of anilines is 1. The molecule has 3 aromatic rings. The number of rotatable bonds is 1. The Bertz CT molecular complexity index is 757. The van der Waals surface area contributed by atoms with Gasteiger partial charge in [-0.3, -0.25) is 0 Å². The molecule has 0 unspecified atom stereocenters. The van der Waals surface area contributed by atoms with E-state index in [4.69, 9.17) is 10.7 Å². The average Bonchev–Trinajstić information content (AvgIpc) is 2.88. The largest absolute Gasteiger partial charge is 0.389 e. The molecule has 0 saturated heterocycles. The number of imidazole rings is 1. The fourth-order valence-electron chi connectivity index (χ4n) is 2.53. The predicted molar refractivity (Wildman–Crippen MR) is 85.0 cm³/mol. The minimum Gasteiger partial charge on any atom is -0.389 e. The lowest BCUT2D eigenvalue weighted by Gasteiger charge is -2.24. The smallest absolute Gasteiger partial charge is 0.146 e. The first-order chi connectivity index (χ1) is 9.39. The maximum absolute atomic E-state index is 6.11. The van der Waals surface area contributed by atoms with Crippen LogP contribution in [0.4, 0.5) is 5.00 Å². The van der Waals surface area contributed by atoms with Crippen LogP contribution in [-0.4, -0.2) is 13.9 Å². The van der Waals surface area contributed by atoms with Gasteiger partial charge in [0.15, 0.2) is 0 Å². The molecule has 104 valence electrons. The van der Waals surface area contributed by atoms with Crippen LogP contribution < -0.4 is 5.73 Å². The lowest BCUT2D eigenvalue weighted by Crippen LogP contribution is -2.22. The summed E-state index contributed by atoms with van der Waals surface area (Å²) >= 11 is 1.33. The SMILES string of the molecule is Cc1nsc(N)c1-c1nc2ccccc2n1C(C)(C)C. The van der Waals surface area contributed by atoms with Gasteiger partial charge in [0.25, 0.3) is 0 Å². The van der Waals surface area contributed by atoms with E-state index in [1.807, 2.05) is 25.1 Å². The molecule has 0 aliphatic heterocycles.